The SMILES string of the molecule is CC(CC1CC1)Nc1nc2ccc(Cl)cc2s1. The van der Waals surface area contributed by atoms with Crippen LogP contribution in [0, 0.1) is 5.92 Å². The first kappa shape index (κ1) is 11.3. The molecule has 0 radical (unpaired) electrons. The summed E-state index contributed by atoms with van der Waals surface area (Å²) in [6.45, 7) is 2.23. The van der Waals surface area contributed by atoms with Crippen molar-refractivity contribution in [3.8, 4) is 0 Å². The molecular formula is C13H15ClN2S. The molecule has 2 nitrogen and oxygen atoms in total. The predicted octanol–water partition coefficient (Wildman–Crippen LogP) is 4.55. The lowest BCUT2D eigenvalue weighted by atomic mass is 10.2. The van der Waals surface area contributed by atoms with Gasteiger partial charge in [-0.3, -0.25) is 0 Å². The van der Waals surface area contributed by atoms with E-state index in [-0.39, 0.29) is 0 Å². The summed E-state index contributed by atoms with van der Waals surface area (Å²) in [5, 5.41) is 5.27. The topological polar surface area (TPSA) is 24.9 Å². The van der Waals surface area contributed by atoms with E-state index in [1.165, 1.54) is 19.3 Å². The maximum atomic E-state index is 5.97. The van der Waals surface area contributed by atoms with E-state index in [9.17, 15) is 0 Å². The number of fused-ring (bicyclic) bond motifs is 1. The van der Waals surface area contributed by atoms with E-state index >= 15 is 0 Å². The molecule has 0 aliphatic heterocycles. The molecule has 4 heteroatoms. The van der Waals surface area contributed by atoms with E-state index in [1.54, 1.807) is 11.3 Å². The van der Waals surface area contributed by atoms with E-state index in [2.05, 4.69) is 17.2 Å². The lowest BCUT2D eigenvalue weighted by Crippen LogP contribution is -2.15. The number of benzene rings is 1. The average Bonchev–Trinajstić information content (AvgIpc) is 2.97. The zero-order valence-electron chi connectivity index (χ0n) is 9.74. The predicted molar refractivity (Wildman–Crippen MR) is 75.1 cm³/mol. The van der Waals surface area contributed by atoms with Crippen LogP contribution in [0.25, 0.3) is 10.2 Å². The van der Waals surface area contributed by atoms with E-state index < -0.39 is 0 Å². The Labute approximate surface area is 110 Å². The number of halogens is 1. The Balaban J connectivity index is 1.75. The highest BCUT2D eigenvalue weighted by Gasteiger charge is 2.23. The second-order valence-electron chi connectivity index (χ2n) is 4.86. The molecule has 1 aromatic carbocycles. The molecule has 0 amide bonds. The molecular weight excluding hydrogens is 252 g/mol. The third kappa shape index (κ3) is 2.72. The molecule has 1 saturated carbocycles. The smallest absolute Gasteiger partial charge is 0.183 e. The molecule has 0 spiro atoms. The fourth-order valence-electron chi connectivity index (χ4n) is 2.08. The molecule has 1 unspecified atom stereocenters. The number of aromatic nitrogens is 1. The highest BCUT2D eigenvalue weighted by Crippen LogP contribution is 2.35. The molecule has 3 rings (SSSR count). The summed E-state index contributed by atoms with van der Waals surface area (Å²) in [5.41, 5.74) is 1.03. The summed E-state index contributed by atoms with van der Waals surface area (Å²) in [6.07, 6.45) is 4.07. The second kappa shape index (κ2) is 4.46. The fraction of sp³-hybridized carbons (Fsp3) is 0.462. The summed E-state index contributed by atoms with van der Waals surface area (Å²) < 4.78 is 1.15. The van der Waals surface area contributed by atoms with Crippen LogP contribution in [-0.4, -0.2) is 11.0 Å². The lowest BCUT2D eigenvalue weighted by molar-refractivity contribution is 0.642. The Bertz CT molecular complexity index is 533. The molecule has 1 atom stereocenters. The zero-order chi connectivity index (χ0) is 11.8. The van der Waals surface area contributed by atoms with Gasteiger partial charge in [-0.1, -0.05) is 35.8 Å². The summed E-state index contributed by atoms with van der Waals surface area (Å²) in [5.74, 6) is 0.946. The van der Waals surface area contributed by atoms with Crippen LogP contribution in [0.3, 0.4) is 0 Å². The molecule has 90 valence electrons. The van der Waals surface area contributed by atoms with Crippen LogP contribution in [0.1, 0.15) is 26.2 Å². The highest BCUT2D eigenvalue weighted by atomic mass is 35.5. The third-order valence-electron chi connectivity index (χ3n) is 3.10. The van der Waals surface area contributed by atoms with Crippen LogP contribution in [-0.2, 0) is 0 Å². The first-order valence-electron chi connectivity index (χ1n) is 6.03. The Morgan fingerprint density at radius 1 is 1.53 bits per heavy atom. The van der Waals surface area contributed by atoms with Crippen molar-refractivity contribution < 1.29 is 0 Å². The molecule has 0 bridgehead atoms. The van der Waals surface area contributed by atoms with Gasteiger partial charge in [0, 0.05) is 11.1 Å². The van der Waals surface area contributed by atoms with Crippen LogP contribution in [0.5, 0.6) is 0 Å². The number of anilines is 1. The van der Waals surface area contributed by atoms with Gasteiger partial charge in [0.2, 0.25) is 0 Å². The van der Waals surface area contributed by atoms with E-state index in [0.29, 0.717) is 6.04 Å². The number of thiazole rings is 1. The van der Waals surface area contributed by atoms with Crippen molar-refractivity contribution in [2.24, 2.45) is 5.92 Å². The molecule has 17 heavy (non-hydrogen) atoms. The van der Waals surface area contributed by atoms with E-state index in [0.717, 1.165) is 26.3 Å². The van der Waals surface area contributed by atoms with Crippen LogP contribution < -0.4 is 5.32 Å². The number of nitrogens with zero attached hydrogens (tertiary/aromatic N) is 1. The van der Waals surface area contributed by atoms with Crippen molar-refractivity contribution in [1.29, 1.82) is 0 Å². The normalized spacial score (nSPS) is 17.3. The van der Waals surface area contributed by atoms with Gasteiger partial charge < -0.3 is 5.32 Å². The first-order chi connectivity index (χ1) is 8.20. The van der Waals surface area contributed by atoms with Gasteiger partial charge in [-0.2, -0.15) is 0 Å². The highest BCUT2D eigenvalue weighted by molar-refractivity contribution is 7.22. The van der Waals surface area contributed by atoms with Crippen LogP contribution in [0.15, 0.2) is 18.2 Å². The van der Waals surface area contributed by atoms with Gasteiger partial charge in [0.1, 0.15) is 0 Å². The Hall–Kier alpha value is -0.800. The zero-order valence-corrected chi connectivity index (χ0v) is 11.3. The maximum absolute atomic E-state index is 5.97. The van der Waals surface area contributed by atoms with E-state index in [1.807, 2.05) is 18.2 Å². The van der Waals surface area contributed by atoms with Crippen molar-refractivity contribution in [2.75, 3.05) is 5.32 Å². The number of rotatable bonds is 4. The second-order valence-corrected chi connectivity index (χ2v) is 6.32. The quantitative estimate of drug-likeness (QED) is 0.878. The minimum absolute atomic E-state index is 0.513. The number of hydrogen-bond acceptors (Lipinski definition) is 3. The molecule has 0 saturated heterocycles. The van der Waals surface area contributed by atoms with Gasteiger partial charge in [0.25, 0.3) is 0 Å². The van der Waals surface area contributed by atoms with Gasteiger partial charge in [0.15, 0.2) is 5.13 Å². The van der Waals surface area contributed by atoms with Crippen molar-refractivity contribution in [3.05, 3.63) is 23.2 Å². The average molecular weight is 267 g/mol. The Morgan fingerprint density at radius 2 is 2.35 bits per heavy atom. The van der Waals surface area contributed by atoms with Crippen molar-refractivity contribution in [1.82, 2.24) is 4.98 Å². The maximum Gasteiger partial charge on any atom is 0.183 e. The minimum Gasteiger partial charge on any atom is -0.359 e. The number of hydrogen-bond donors (Lipinski definition) is 1. The molecule has 2 aromatic rings. The van der Waals surface area contributed by atoms with Crippen molar-refractivity contribution in [3.63, 3.8) is 0 Å². The Kier molecular flexibility index (Phi) is 2.97. The van der Waals surface area contributed by atoms with Crippen molar-refractivity contribution in [2.45, 2.75) is 32.2 Å². The minimum atomic E-state index is 0.513. The van der Waals surface area contributed by atoms with Gasteiger partial charge >= 0.3 is 0 Å². The molecule has 1 fully saturated rings. The standard InChI is InChI=1S/C13H15ClN2S/c1-8(6-9-2-3-9)15-13-16-11-5-4-10(14)7-12(11)17-13/h4-5,7-9H,2-3,6H2,1H3,(H,15,16). The van der Waals surface area contributed by atoms with Gasteiger partial charge in [0.05, 0.1) is 10.2 Å². The van der Waals surface area contributed by atoms with E-state index in [4.69, 9.17) is 11.6 Å². The monoisotopic (exact) mass is 266 g/mol. The number of nitrogens with one attached hydrogen (secondary N) is 1. The van der Waals surface area contributed by atoms with Crippen LogP contribution >= 0.6 is 22.9 Å². The summed E-state index contributed by atoms with van der Waals surface area (Å²) in [6, 6.07) is 6.36. The molecule has 1 heterocycles. The molecule has 1 aliphatic rings. The lowest BCUT2D eigenvalue weighted by Gasteiger charge is -2.11. The van der Waals surface area contributed by atoms with Crippen molar-refractivity contribution >= 4 is 38.3 Å². The molecule has 1 aromatic heterocycles. The van der Waals surface area contributed by atoms with Gasteiger partial charge in [-0.25, -0.2) is 4.98 Å². The first-order valence-corrected chi connectivity index (χ1v) is 7.23. The molecule has 1 N–H and O–H groups in total. The fourth-order valence-corrected chi connectivity index (χ4v) is 3.34. The van der Waals surface area contributed by atoms with Crippen LogP contribution in [0.4, 0.5) is 5.13 Å². The molecule has 1 aliphatic carbocycles. The summed E-state index contributed by atoms with van der Waals surface area (Å²) in [7, 11) is 0. The summed E-state index contributed by atoms with van der Waals surface area (Å²) in [4.78, 5) is 4.57. The third-order valence-corrected chi connectivity index (χ3v) is 4.29. The van der Waals surface area contributed by atoms with Gasteiger partial charge in [-0.05, 0) is 37.5 Å². The van der Waals surface area contributed by atoms with Crippen LogP contribution in [0.2, 0.25) is 5.02 Å². The largest absolute Gasteiger partial charge is 0.359 e. The Morgan fingerprint density at radius 3 is 3.12 bits per heavy atom. The van der Waals surface area contributed by atoms with Gasteiger partial charge in [-0.15, -0.1) is 0 Å². The summed E-state index contributed by atoms with van der Waals surface area (Å²) >= 11 is 7.65.